The minimum Gasteiger partial charge on any atom is -0.497 e. The van der Waals surface area contributed by atoms with E-state index < -0.39 is 23.5 Å². The molecular formula is C27H27N3O4. The molecule has 1 atom stereocenters. The second-order valence-corrected chi connectivity index (χ2v) is 8.59. The lowest BCUT2D eigenvalue weighted by Gasteiger charge is -2.32. The monoisotopic (exact) mass is 457 g/mol. The molecule has 1 amide bonds. The van der Waals surface area contributed by atoms with Gasteiger partial charge in [-0.05, 0) is 56.2 Å². The minimum absolute atomic E-state index is 0.323. The number of nitrogens with one attached hydrogen (secondary N) is 1. The van der Waals surface area contributed by atoms with Gasteiger partial charge in [-0.3, -0.25) is 4.79 Å². The van der Waals surface area contributed by atoms with E-state index in [9.17, 15) is 14.9 Å². The van der Waals surface area contributed by atoms with Gasteiger partial charge >= 0.3 is 5.97 Å². The third-order valence-electron chi connectivity index (χ3n) is 6.26. The number of aromatic nitrogens is 1. The molecule has 1 aromatic heterocycles. The van der Waals surface area contributed by atoms with Crippen molar-refractivity contribution in [2.45, 2.75) is 50.7 Å². The summed E-state index contributed by atoms with van der Waals surface area (Å²) in [4.78, 5) is 30.7. The summed E-state index contributed by atoms with van der Waals surface area (Å²) in [5.41, 5.74) is 1.51. The highest BCUT2D eigenvalue weighted by atomic mass is 16.5. The molecular weight excluding hydrogens is 430 g/mol. The van der Waals surface area contributed by atoms with Gasteiger partial charge in [-0.25, -0.2) is 9.78 Å². The molecule has 34 heavy (non-hydrogen) atoms. The smallest absolute Gasteiger partial charge is 0.339 e. The maximum absolute atomic E-state index is 13.2. The van der Waals surface area contributed by atoms with Gasteiger partial charge < -0.3 is 14.8 Å². The van der Waals surface area contributed by atoms with Crippen LogP contribution in [0.1, 0.15) is 49.4 Å². The Labute approximate surface area is 198 Å². The number of benzene rings is 2. The average Bonchev–Trinajstić information content (AvgIpc) is 2.88. The number of nitrogens with zero attached hydrogens (tertiary/aromatic N) is 2. The molecule has 1 aliphatic rings. The topological polar surface area (TPSA) is 101 Å². The predicted molar refractivity (Wildman–Crippen MR) is 128 cm³/mol. The number of esters is 1. The van der Waals surface area contributed by atoms with Gasteiger partial charge in [0.05, 0.1) is 30.0 Å². The highest BCUT2D eigenvalue weighted by molar-refractivity contribution is 6.05. The van der Waals surface area contributed by atoms with E-state index in [0.717, 1.165) is 30.6 Å². The van der Waals surface area contributed by atoms with Gasteiger partial charge in [0.25, 0.3) is 5.91 Å². The Kier molecular flexibility index (Phi) is 6.78. The molecule has 174 valence electrons. The van der Waals surface area contributed by atoms with Crippen molar-refractivity contribution >= 4 is 22.8 Å². The fraction of sp³-hybridized carbons (Fsp3) is 0.333. The number of ether oxygens (including phenoxy) is 2. The van der Waals surface area contributed by atoms with E-state index in [2.05, 4.69) is 11.4 Å². The first-order valence-corrected chi connectivity index (χ1v) is 11.4. The van der Waals surface area contributed by atoms with Crippen LogP contribution in [0.25, 0.3) is 22.2 Å². The fourth-order valence-electron chi connectivity index (χ4n) is 4.29. The van der Waals surface area contributed by atoms with E-state index >= 15 is 0 Å². The first kappa shape index (κ1) is 23.2. The van der Waals surface area contributed by atoms with Crippen LogP contribution in [0.5, 0.6) is 5.75 Å². The molecule has 0 saturated heterocycles. The number of amides is 1. The number of nitriles is 1. The Balaban J connectivity index is 1.58. The summed E-state index contributed by atoms with van der Waals surface area (Å²) in [7, 11) is 1.60. The van der Waals surface area contributed by atoms with Crippen molar-refractivity contribution in [2.75, 3.05) is 7.11 Å². The van der Waals surface area contributed by atoms with Gasteiger partial charge in [0.2, 0.25) is 0 Å². The molecule has 7 heteroatoms. The van der Waals surface area contributed by atoms with E-state index in [1.54, 1.807) is 19.2 Å². The lowest BCUT2D eigenvalue weighted by Crippen LogP contribution is -2.52. The SMILES string of the molecule is COc1ccc(-c2cc(C(=O)O[C@H](C)C(=O)NC3(C#N)CCCCC3)c3ccccc3n2)cc1. The van der Waals surface area contributed by atoms with E-state index in [1.165, 1.54) is 6.92 Å². The highest BCUT2D eigenvalue weighted by Crippen LogP contribution is 2.29. The number of hydrogen-bond acceptors (Lipinski definition) is 6. The Morgan fingerprint density at radius 3 is 2.47 bits per heavy atom. The van der Waals surface area contributed by atoms with Crippen LogP contribution >= 0.6 is 0 Å². The zero-order chi connectivity index (χ0) is 24.1. The first-order chi connectivity index (χ1) is 16.4. The van der Waals surface area contributed by atoms with Crippen molar-refractivity contribution in [1.29, 1.82) is 5.26 Å². The van der Waals surface area contributed by atoms with Crippen LogP contribution < -0.4 is 10.1 Å². The first-order valence-electron chi connectivity index (χ1n) is 11.4. The molecule has 0 spiro atoms. The third-order valence-corrected chi connectivity index (χ3v) is 6.26. The fourth-order valence-corrected chi connectivity index (χ4v) is 4.29. The van der Waals surface area contributed by atoms with Gasteiger partial charge in [0, 0.05) is 10.9 Å². The molecule has 1 aliphatic carbocycles. The molecule has 7 nitrogen and oxygen atoms in total. The van der Waals surface area contributed by atoms with Crippen molar-refractivity contribution in [1.82, 2.24) is 10.3 Å². The summed E-state index contributed by atoms with van der Waals surface area (Å²) < 4.78 is 10.8. The Morgan fingerprint density at radius 2 is 1.79 bits per heavy atom. The lowest BCUT2D eigenvalue weighted by atomic mass is 9.83. The number of carbonyl (C=O) groups excluding carboxylic acids is 2. The molecule has 0 unspecified atom stereocenters. The standard InChI is InChI=1S/C27H27N3O4/c1-18(25(31)30-27(17-28)14-6-3-7-15-27)34-26(32)22-16-24(19-10-12-20(33-2)13-11-19)29-23-9-5-4-8-21(22)23/h4-5,8-13,16,18H,3,6-7,14-15H2,1-2H3,(H,30,31)/t18-/m1/s1. The second-order valence-electron chi connectivity index (χ2n) is 8.59. The maximum atomic E-state index is 13.2. The van der Waals surface area contributed by atoms with Crippen LogP contribution in [0.4, 0.5) is 0 Å². The van der Waals surface area contributed by atoms with Crippen molar-refractivity contribution in [3.63, 3.8) is 0 Å². The average molecular weight is 458 g/mol. The minimum atomic E-state index is -1.05. The van der Waals surface area contributed by atoms with Crippen LogP contribution in [-0.4, -0.2) is 35.6 Å². The molecule has 0 aliphatic heterocycles. The molecule has 1 heterocycles. The summed E-state index contributed by atoms with van der Waals surface area (Å²) in [5, 5.41) is 13.1. The zero-order valence-electron chi connectivity index (χ0n) is 19.3. The molecule has 3 aromatic rings. The summed E-state index contributed by atoms with van der Waals surface area (Å²) in [6.07, 6.45) is 3.00. The normalized spacial score (nSPS) is 15.7. The summed E-state index contributed by atoms with van der Waals surface area (Å²) >= 11 is 0. The number of para-hydroxylation sites is 1. The lowest BCUT2D eigenvalue weighted by molar-refractivity contribution is -0.130. The van der Waals surface area contributed by atoms with Gasteiger partial charge in [0.1, 0.15) is 11.3 Å². The number of hydrogen-bond donors (Lipinski definition) is 1. The van der Waals surface area contributed by atoms with Crippen LogP contribution in [0.15, 0.2) is 54.6 Å². The number of fused-ring (bicyclic) bond motifs is 1. The van der Waals surface area contributed by atoms with E-state index in [-0.39, 0.29) is 0 Å². The summed E-state index contributed by atoms with van der Waals surface area (Å²) in [6.45, 7) is 1.52. The molecule has 4 rings (SSSR count). The summed E-state index contributed by atoms with van der Waals surface area (Å²) in [5.74, 6) is -0.367. The van der Waals surface area contributed by atoms with Crippen LogP contribution in [0, 0.1) is 11.3 Å². The predicted octanol–water partition coefficient (Wildman–Crippen LogP) is 4.80. The van der Waals surface area contributed by atoms with Crippen LogP contribution in [0.2, 0.25) is 0 Å². The maximum Gasteiger partial charge on any atom is 0.339 e. The van der Waals surface area contributed by atoms with Crippen molar-refractivity contribution < 1.29 is 19.1 Å². The van der Waals surface area contributed by atoms with Gasteiger partial charge in [-0.1, -0.05) is 37.5 Å². The third kappa shape index (κ3) is 4.86. The number of methoxy groups -OCH3 is 1. The quantitative estimate of drug-likeness (QED) is 0.534. The number of carbonyl (C=O) groups is 2. The molecule has 1 N–H and O–H groups in total. The molecule has 1 fully saturated rings. The largest absolute Gasteiger partial charge is 0.497 e. The Bertz CT molecular complexity index is 1240. The molecule has 0 radical (unpaired) electrons. The molecule has 2 aromatic carbocycles. The zero-order valence-corrected chi connectivity index (χ0v) is 19.3. The molecule has 1 saturated carbocycles. The van der Waals surface area contributed by atoms with E-state index in [4.69, 9.17) is 14.5 Å². The van der Waals surface area contributed by atoms with Crippen molar-refractivity contribution in [3.8, 4) is 23.1 Å². The van der Waals surface area contributed by atoms with Crippen molar-refractivity contribution in [3.05, 3.63) is 60.2 Å². The van der Waals surface area contributed by atoms with Crippen LogP contribution in [0.3, 0.4) is 0 Å². The Morgan fingerprint density at radius 1 is 1.09 bits per heavy atom. The van der Waals surface area contributed by atoms with E-state index in [0.29, 0.717) is 35.0 Å². The van der Waals surface area contributed by atoms with E-state index in [1.807, 2.05) is 42.5 Å². The number of pyridine rings is 1. The van der Waals surface area contributed by atoms with Crippen LogP contribution in [-0.2, 0) is 9.53 Å². The van der Waals surface area contributed by atoms with Gasteiger partial charge in [-0.15, -0.1) is 0 Å². The van der Waals surface area contributed by atoms with Gasteiger partial charge in [-0.2, -0.15) is 5.26 Å². The highest BCUT2D eigenvalue weighted by Gasteiger charge is 2.35. The Hall–Kier alpha value is -3.92. The second kappa shape index (κ2) is 9.92. The number of rotatable bonds is 6. The molecule has 0 bridgehead atoms. The summed E-state index contributed by atoms with van der Waals surface area (Å²) in [6, 6.07) is 18.6. The van der Waals surface area contributed by atoms with Crippen molar-refractivity contribution in [2.24, 2.45) is 0 Å². The van der Waals surface area contributed by atoms with Gasteiger partial charge in [0.15, 0.2) is 6.10 Å².